The van der Waals surface area contributed by atoms with E-state index in [0.717, 1.165) is 12.1 Å². The van der Waals surface area contributed by atoms with Crippen LogP contribution in [0.1, 0.15) is 12.5 Å². The highest BCUT2D eigenvalue weighted by Gasteiger charge is 2.22. The smallest absolute Gasteiger partial charge is 0.242 e. The quantitative estimate of drug-likeness (QED) is 0.815. The lowest BCUT2D eigenvalue weighted by Crippen LogP contribution is -2.35. The van der Waals surface area contributed by atoms with Crippen LogP contribution >= 0.6 is 0 Å². The van der Waals surface area contributed by atoms with E-state index in [9.17, 15) is 12.8 Å². The molecule has 1 rings (SSSR count). The predicted octanol–water partition coefficient (Wildman–Crippen LogP) is 0.356. The van der Waals surface area contributed by atoms with Crippen molar-refractivity contribution in [3.63, 3.8) is 0 Å². The first-order chi connectivity index (χ1) is 7.92. The van der Waals surface area contributed by atoms with Crippen molar-refractivity contribution in [1.82, 2.24) is 4.72 Å². The molecule has 0 aliphatic rings. The van der Waals surface area contributed by atoms with Gasteiger partial charge in [-0.15, -0.1) is 0 Å². The molecule has 92 valence electrons. The zero-order chi connectivity index (χ0) is 13.1. The van der Waals surface area contributed by atoms with Crippen LogP contribution in [0.2, 0.25) is 0 Å². The maximum Gasteiger partial charge on any atom is 0.242 e. The third kappa shape index (κ3) is 3.00. The SMILES string of the molecule is CC(CO)NS(=O)(=O)c1cccc(F)c1C#N. The van der Waals surface area contributed by atoms with Gasteiger partial charge in [-0.25, -0.2) is 17.5 Å². The van der Waals surface area contributed by atoms with Gasteiger partial charge in [-0.1, -0.05) is 6.07 Å². The first-order valence-electron chi connectivity index (χ1n) is 4.74. The Labute approximate surface area is 98.6 Å². The van der Waals surface area contributed by atoms with Crippen molar-refractivity contribution in [2.24, 2.45) is 0 Å². The standard InChI is InChI=1S/C10H11FN2O3S/c1-7(6-14)13-17(15,16)10-4-2-3-9(11)8(10)5-12/h2-4,7,13-14H,6H2,1H3. The van der Waals surface area contributed by atoms with Crippen LogP contribution in [0.15, 0.2) is 23.1 Å². The molecular weight excluding hydrogens is 247 g/mol. The van der Waals surface area contributed by atoms with Crippen molar-refractivity contribution in [3.05, 3.63) is 29.6 Å². The Balaban J connectivity index is 3.26. The molecule has 17 heavy (non-hydrogen) atoms. The molecule has 7 heteroatoms. The molecule has 0 bridgehead atoms. The molecule has 0 aliphatic carbocycles. The molecule has 1 aromatic rings. The van der Waals surface area contributed by atoms with Gasteiger partial charge in [-0.05, 0) is 19.1 Å². The zero-order valence-corrected chi connectivity index (χ0v) is 9.83. The summed E-state index contributed by atoms with van der Waals surface area (Å²) < 4.78 is 39.0. The number of nitrogens with zero attached hydrogens (tertiary/aromatic N) is 1. The topological polar surface area (TPSA) is 90.2 Å². The van der Waals surface area contributed by atoms with E-state index >= 15 is 0 Å². The highest BCUT2D eigenvalue weighted by Crippen LogP contribution is 2.17. The first kappa shape index (κ1) is 13.6. The minimum atomic E-state index is -4.01. The summed E-state index contributed by atoms with van der Waals surface area (Å²) in [6.07, 6.45) is 0. The Bertz CT molecular complexity index is 551. The molecule has 0 saturated carbocycles. The number of benzene rings is 1. The van der Waals surface area contributed by atoms with E-state index in [1.54, 1.807) is 0 Å². The molecule has 2 N–H and O–H groups in total. The number of aliphatic hydroxyl groups excluding tert-OH is 1. The van der Waals surface area contributed by atoms with Crippen LogP contribution in [-0.2, 0) is 10.0 Å². The molecule has 0 radical (unpaired) electrons. The first-order valence-corrected chi connectivity index (χ1v) is 6.22. The Morgan fingerprint density at radius 3 is 2.76 bits per heavy atom. The lowest BCUT2D eigenvalue weighted by atomic mass is 10.2. The van der Waals surface area contributed by atoms with Crippen LogP contribution in [0, 0.1) is 17.1 Å². The molecule has 1 atom stereocenters. The summed E-state index contributed by atoms with van der Waals surface area (Å²) in [5.74, 6) is -0.896. The van der Waals surface area contributed by atoms with Crippen molar-refractivity contribution in [1.29, 1.82) is 5.26 Å². The average molecular weight is 258 g/mol. The Morgan fingerprint density at radius 1 is 1.59 bits per heavy atom. The van der Waals surface area contributed by atoms with Gasteiger partial charge in [0.1, 0.15) is 22.3 Å². The van der Waals surface area contributed by atoms with Gasteiger partial charge >= 0.3 is 0 Å². The second-order valence-corrected chi connectivity index (χ2v) is 5.11. The van der Waals surface area contributed by atoms with Gasteiger partial charge in [0.15, 0.2) is 0 Å². The van der Waals surface area contributed by atoms with Gasteiger partial charge in [0, 0.05) is 6.04 Å². The third-order valence-corrected chi connectivity index (χ3v) is 3.64. The maximum absolute atomic E-state index is 13.2. The van der Waals surface area contributed by atoms with Gasteiger partial charge in [-0.2, -0.15) is 5.26 Å². The van der Waals surface area contributed by atoms with Gasteiger partial charge in [0.05, 0.1) is 6.61 Å². The van der Waals surface area contributed by atoms with E-state index in [2.05, 4.69) is 4.72 Å². The van der Waals surface area contributed by atoms with E-state index in [-0.39, 0.29) is 0 Å². The van der Waals surface area contributed by atoms with E-state index in [1.807, 2.05) is 0 Å². The summed E-state index contributed by atoms with van der Waals surface area (Å²) in [4.78, 5) is -0.430. The molecule has 0 amide bonds. The monoisotopic (exact) mass is 258 g/mol. The highest BCUT2D eigenvalue weighted by atomic mass is 32.2. The van der Waals surface area contributed by atoms with Crippen LogP contribution < -0.4 is 4.72 Å². The van der Waals surface area contributed by atoms with E-state index in [1.165, 1.54) is 19.1 Å². The van der Waals surface area contributed by atoms with Crippen molar-refractivity contribution < 1.29 is 17.9 Å². The fourth-order valence-corrected chi connectivity index (χ4v) is 2.60. The maximum atomic E-state index is 13.2. The van der Waals surface area contributed by atoms with Crippen molar-refractivity contribution >= 4 is 10.0 Å². The van der Waals surface area contributed by atoms with Crippen LogP contribution in [0.25, 0.3) is 0 Å². The largest absolute Gasteiger partial charge is 0.395 e. The van der Waals surface area contributed by atoms with Crippen molar-refractivity contribution in [3.8, 4) is 6.07 Å². The fourth-order valence-electron chi connectivity index (χ4n) is 1.20. The molecule has 0 aliphatic heterocycles. The van der Waals surface area contributed by atoms with E-state index in [4.69, 9.17) is 10.4 Å². The number of sulfonamides is 1. The van der Waals surface area contributed by atoms with Crippen LogP contribution in [0.5, 0.6) is 0 Å². The van der Waals surface area contributed by atoms with Crippen LogP contribution in [0.4, 0.5) is 4.39 Å². The number of rotatable bonds is 4. The minimum Gasteiger partial charge on any atom is -0.395 e. The summed E-state index contributed by atoms with van der Waals surface area (Å²) in [7, 11) is -4.01. The molecule has 5 nitrogen and oxygen atoms in total. The molecule has 0 fully saturated rings. The van der Waals surface area contributed by atoms with E-state index in [0.29, 0.717) is 0 Å². The average Bonchev–Trinajstić information content (AvgIpc) is 2.28. The molecule has 0 aromatic heterocycles. The van der Waals surface area contributed by atoms with Gasteiger partial charge < -0.3 is 5.11 Å². The zero-order valence-electron chi connectivity index (χ0n) is 9.01. The summed E-state index contributed by atoms with van der Waals surface area (Å²) in [6.45, 7) is 1.05. The summed E-state index contributed by atoms with van der Waals surface area (Å²) in [5, 5.41) is 17.5. The number of nitrogens with one attached hydrogen (secondary N) is 1. The Hall–Kier alpha value is -1.49. The molecule has 1 aromatic carbocycles. The lowest BCUT2D eigenvalue weighted by molar-refractivity contribution is 0.265. The molecular formula is C10H11FN2O3S. The van der Waals surface area contributed by atoms with E-state index < -0.39 is 38.9 Å². The Kier molecular flexibility index (Phi) is 4.17. The molecule has 0 spiro atoms. The minimum absolute atomic E-state index is 0.392. The number of halogens is 1. The summed E-state index contributed by atoms with van der Waals surface area (Å²) >= 11 is 0. The Morgan fingerprint density at radius 2 is 2.24 bits per heavy atom. The number of hydrogen-bond acceptors (Lipinski definition) is 4. The molecule has 0 saturated heterocycles. The van der Waals surface area contributed by atoms with Gasteiger partial charge in [0.25, 0.3) is 0 Å². The fraction of sp³-hybridized carbons (Fsp3) is 0.300. The number of aliphatic hydroxyl groups is 1. The number of hydrogen-bond donors (Lipinski definition) is 2. The summed E-state index contributed by atoms with van der Waals surface area (Å²) in [6, 6.07) is 4.13. The van der Waals surface area contributed by atoms with Gasteiger partial charge in [-0.3, -0.25) is 0 Å². The normalized spacial score (nSPS) is 13.1. The summed E-state index contributed by atoms with van der Waals surface area (Å²) in [5.41, 5.74) is -0.537. The highest BCUT2D eigenvalue weighted by molar-refractivity contribution is 7.89. The van der Waals surface area contributed by atoms with Crippen LogP contribution in [-0.4, -0.2) is 26.2 Å². The number of nitriles is 1. The second-order valence-electron chi connectivity index (χ2n) is 3.43. The van der Waals surface area contributed by atoms with Crippen molar-refractivity contribution in [2.75, 3.05) is 6.61 Å². The second kappa shape index (κ2) is 5.23. The molecule has 0 heterocycles. The predicted molar refractivity (Wildman–Crippen MR) is 58.0 cm³/mol. The molecule has 1 unspecified atom stereocenters. The lowest BCUT2D eigenvalue weighted by Gasteiger charge is -2.12. The van der Waals surface area contributed by atoms with Crippen LogP contribution in [0.3, 0.4) is 0 Å². The third-order valence-electron chi connectivity index (χ3n) is 2.01. The van der Waals surface area contributed by atoms with Crippen molar-refractivity contribution in [2.45, 2.75) is 17.9 Å². The van der Waals surface area contributed by atoms with Gasteiger partial charge in [0.2, 0.25) is 10.0 Å².